The molecule has 7 nitrogen and oxygen atoms in total. The number of H-pyrrole nitrogens is 1. The number of nitrogen functional groups attached to an aromatic ring is 1. The largest absolute Gasteiger partial charge is 0.479 e. The molecule has 0 bridgehead atoms. The number of aromatic nitrogens is 2. The molecule has 2 rings (SSSR count). The fourth-order valence-corrected chi connectivity index (χ4v) is 1.62. The van der Waals surface area contributed by atoms with Gasteiger partial charge >= 0.3 is 5.97 Å². The molecule has 0 aliphatic carbocycles. The van der Waals surface area contributed by atoms with Gasteiger partial charge in [-0.15, -0.1) is 0 Å². The van der Waals surface area contributed by atoms with Crippen LogP contribution < -0.4 is 11.1 Å². The van der Waals surface area contributed by atoms with E-state index >= 15 is 0 Å². The fraction of sp³-hybridized carbons (Fsp3) is 0.0833. The van der Waals surface area contributed by atoms with E-state index in [0.717, 1.165) is 0 Å². The molecular formula is C12H12N4O3. The van der Waals surface area contributed by atoms with Gasteiger partial charge < -0.3 is 16.2 Å². The van der Waals surface area contributed by atoms with E-state index in [1.807, 2.05) is 0 Å². The SMILES string of the molecule is Nc1[nH]ncc1C(=O)NC(C(=O)O)c1ccccc1. The molecule has 1 unspecified atom stereocenters. The number of nitrogens with zero attached hydrogens (tertiary/aromatic N) is 1. The van der Waals surface area contributed by atoms with Crippen molar-refractivity contribution in [3.8, 4) is 0 Å². The highest BCUT2D eigenvalue weighted by atomic mass is 16.4. The van der Waals surface area contributed by atoms with Gasteiger partial charge in [0.2, 0.25) is 0 Å². The molecule has 0 aliphatic heterocycles. The Kier molecular flexibility index (Phi) is 3.46. The predicted molar refractivity (Wildman–Crippen MR) is 67.3 cm³/mol. The first-order valence-corrected chi connectivity index (χ1v) is 5.47. The minimum absolute atomic E-state index is 0.0923. The maximum atomic E-state index is 11.9. The molecule has 0 spiro atoms. The maximum Gasteiger partial charge on any atom is 0.330 e. The summed E-state index contributed by atoms with van der Waals surface area (Å²) in [4.78, 5) is 23.1. The third-order valence-electron chi connectivity index (χ3n) is 2.57. The Hall–Kier alpha value is -2.83. The van der Waals surface area contributed by atoms with E-state index in [1.54, 1.807) is 30.3 Å². The van der Waals surface area contributed by atoms with Crippen LogP contribution >= 0.6 is 0 Å². The number of carbonyl (C=O) groups is 2. The number of anilines is 1. The molecule has 19 heavy (non-hydrogen) atoms. The Morgan fingerprint density at radius 1 is 1.32 bits per heavy atom. The molecular weight excluding hydrogens is 248 g/mol. The first-order chi connectivity index (χ1) is 9.09. The zero-order valence-corrected chi connectivity index (χ0v) is 9.83. The first kappa shape index (κ1) is 12.6. The van der Waals surface area contributed by atoms with E-state index in [0.29, 0.717) is 5.56 Å². The van der Waals surface area contributed by atoms with Crippen molar-refractivity contribution in [1.29, 1.82) is 0 Å². The van der Waals surface area contributed by atoms with Gasteiger partial charge in [-0.25, -0.2) is 4.79 Å². The van der Waals surface area contributed by atoms with E-state index in [1.165, 1.54) is 6.20 Å². The lowest BCUT2D eigenvalue weighted by Gasteiger charge is -2.14. The highest BCUT2D eigenvalue weighted by molar-refractivity contribution is 6.00. The first-order valence-electron chi connectivity index (χ1n) is 5.47. The number of carboxylic acids is 1. The minimum Gasteiger partial charge on any atom is -0.479 e. The summed E-state index contributed by atoms with van der Waals surface area (Å²) in [5, 5.41) is 17.6. The van der Waals surface area contributed by atoms with Gasteiger partial charge in [-0.3, -0.25) is 9.89 Å². The standard InChI is InChI=1S/C12H12N4O3/c13-10-8(6-14-16-10)11(17)15-9(12(18)19)7-4-2-1-3-5-7/h1-6,9H,(H,15,17)(H,18,19)(H3,13,14,16). The van der Waals surface area contributed by atoms with E-state index in [9.17, 15) is 14.7 Å². The van der Waals surface area contributed by atoms with Crippen molar-refractivity contribution in [1.82, 2.24) is 15.5 Å². The highest BCUT2D eigenvalue weighted by Crippen LogP contribution is 2.15. The van der Waals surface area contributed by atoms with Gasteiger partial charge in [0.15, 0.2) is 6.04 Å². The maximum absolute atomic E-state index is 11.9. The smallest absolute Gasteiger partial charge is 0.330 e. The lowest BCUT2D eigenvalue weighted by Crippen LogP contribution is -2.33. The van der Waals surface area contributed by atoms with Crippen LogP contribution in [0.25, 0.3) is 0 Å². The van der Waals surface area contributed by atoms with E-state index in [4.69, 9.17) is 5.73 Å². The topological polar surface area (TPSA) is 121 Å². The van der Waals surface area contributed by atoms with E-state index < -0.39 is 17.9 Å². The van der Waals surface area contributed by atoms with Crippen molar-refractivity contribution in [2.75, 3.05) is 5.73 Å². The molecule has 0 saturated heterocycles. The highest BCUT2D eigenvalue weighted by Gasteiger charge is 2.23. The second-order valence-electron chi connectivity index (χ2n) is 3.85. The molecule has 0 aliphatic rings. The normalized spacial score (nSPS) is 11.8. The Labute approximate surface area is 108 Å². The van der Waals surface area contributed by atoms with E-state index in [2.05, 4.69) is 15.5 Å². The average molecular weight is 260 g/mol. The van der Waals surface area contributed by atoms with Crippen molar-refractivity contribution in [2.45, 2.75) is 6.04 Å². The predicted octanol–water partition coefficient (Wildman–Crippen LogP) is 0.548. The average Bonchev–Trinajstić information content (AvgIpc) is 2.82. The number of benzene rings is 1. The van der Waals surface area contributed by atoms with Crippen LogP contribution in [-0.4, -0.2) is 27.2 Å². The van der Waals surface area contributed by atoms with Crippen molar-refractivity contribution >= 4 is 17.7 Å². The van der Waals surface area contributed by atoms with Crippen LogP contribution in [0.15, 0.2) is 36.5 Å². The Bertz CT molecular complexity index is 594. The molecule has 98 valence electrons. The molecule has 1 amide bonds. The summed E-state index contributed by atoms with van der Waals surface area (Å²) >= 11 is 0. The van der Waals surface area contributed by atoms with Crippen LogP contribution in [-0.2, 0) is 4.79 Å². The van der Waals surface area contributed by atoms with Crippen LogP contribution in [0, 0.1) is 0 Å². The van der Waals surface area contributed by atoms with Crippen LogP contribution in [0.1, 0.15) is 22.0 Å². The molecule has 0 radical (unpaired) electrons. The van der Waals surface area contributed by atoms with Gasteiger partial charge in [-0.1, -0.05) is 30.3 Å². The number of aliphatic carboxylic acids is 1. The fourth-order valence-electron chi connectivity index (χ4n) is 1.62. The third kappa shape index (κ3) is 2.71. The molecule has 0 fully saturated rings. The monoisotopic (exact) mass is 260 g/mol. The summed E-state index contributed by atoms with van der Waals surface area (Å²) in [5.74, 6) is -1.65. The zero-order chi connectivity index (χ0) is 13.8. The second kappa shape index (κ2) is 5.21. The molecule has 1 atom stereocenters. The van der Waals surface area contributed by atoms with Crippen molar-refractivity contribution in [3.63, 3.8) is 0 Å². The molecule has 1 aromatic carbocycles. The molecule has 0 saturated carbocycles. The lowest BCUT2D eigenvalue weighted by atomic mass is 10.1. The number of carboxylic acid groups (broad SMARTS) is 1. The van der Waals surface area contributed by atoms with Crippen LogP contribution in [0.3, 0.4) is 0 Å². The number of nitrogens with one attached hydrogen (secondary N) is 2. The summed E-state index contributed by atoms with van der Waals surface area (Å²) in [6.07, 6.45) is 1.24. The number of rotatable bonds is 4. The third-order valence-corrected chi connectivity index (χ3v) is 2.57. The number of hydrogen-bond donors (Lipinski definition) is 4. The van der Waals surface area contributed by atoms with Crippen LogP contribution in [0.5, 0.6) is 0 Å². The summed E-state index contributed by atoms with van der Waals surface area (Å²) in [6.45, 7) is 0. The summed E-state index contributed by atoms with van der Waals surface area (Å²) in [6, 6.07) is 7.27. The number of hydrogen-bond acceptors (Lipinski definition) is 4. The number of nitrogens with two attached hydrogens (primary N) is 1. The molecule has 7 heteroatoms. The summed E-state index contributed by atoms with van der Waals surface area (Å²) in [5.41, 5.74) is 6.10. The van der Waals surface area contributed by atoms with Crippen molar-refractivity contribution in [2.24, 2.45) is 0 Å². The van der Waals surface area contributed by atoms with Crippen LogP contribution in [0.2, 0.25) is 0 Å². The number of carbonyl (C=O) groups excluding carboxylic acids is 1. The minimum atomic E-state index is -1.15. The van der Waals surface area contributed by atoms with Gasteiger partial charge in [-0.05, 0) is 5.56 Å². The Balaban J connectivity index is 2.21. The zero-order valence-electron chi connectivity index (χ0n) is 9.83. The molecule has 1 heterocycles. The van der Waals surface area contributed by atoms with Gasteiger partial charge in [0.05, 0.1) is 6.20 Å². The van der Waals surface area contributed by atoms with Crippen molar-refractivity contribution < 1.29 is 14.7 Å². The summed E-state index contributed by atoms with van der Waals surface area (Å²) in [7, 11) is 0. The van der Waals surface area contributed by atoms with Gasteiger partial charge in [0, 0.05) is 0 Å². The quantitative estimate of drug-likeness (QED) is 0.639. The van der Waals surface area contributed by atoms with Gasteiger partial charge in [0.1, 0.15) is 11.4 Å². The second-order valence-corrected chi connectivity index (χ2v) is 3.85. The Morgan fingerprint density at radius 2 is 2.00 bits per heavy atom. The number of amides is 1. The summed E-state index contributed by atoms with van der Waals surface area (Å²) < 4.78 is 0. The number of aromatic amines is 1. The molecule has 2 aromatic rings. The lowest BCUT2D eigenvalue weighted by molar-refractivity contribution is -0.139. The molecule has 1 aromatic heterocycles. The van der Waals surface area contributed by atoms with E-state index in [-0.39, 0.29) is 11.4 Å². The van der Waals surface area contributed by atoms with Crippen LogP contribution in [0.4, 0.5) is 5.82 Å². The van der Waals surface area contributed by atoms with Crippen molar-refractivity contribution in [3.05, 3.63) is 47.7 Å². The molecule has 5 N–H and O–H groups in total. The van der Waals surface area contributed by atoms with Gasteiger partial charge in [-0.2, -0.15) is 5.10 Å². The van der Waals surface area contributed by atoms with Gasteiger partial charge in [0.25, 0.3) is 5.91 Å². The Morgan fingerprint density at radius 3 is 2.53 bits per heavy atom.